The second-order valence-electron chi connectivity index (χ2n) is 7.01. The number of carbonyl (C=O) groups excluding carboxylic acids is 2. The van der Waals surface area contributed by atoms with Gasteiger partial charge in [-0.1, -0.05) is 5.21 Å². The monoisotopic (exact) mass is 425 g/mol. The fourth-order valence-electron chi connectivity index (χ4n) is 2.97. The predicted octanol–water partition coefficient (Wildman–Crippen LogP) is 0.0661. The minimum absolute atomic E-state index is 0.0171. The van der Waals surface area contributed by atoms with E-state index in [9.17, 15) is 14.7 Å². The van der Waals surface area contributed by atoms with E-state index in [0.717, 1.165) is 0 Å². The molecule has 0 aliphatic carbocycles. The summed E-state index contributed by atoms with van der Waals surface area (Å²) >= 11 is 0. The maximum absolute atomic E-state index is 12.1. The number of aliphatic hydroxyl groups is 1. The molecule has 0 amide bonds. The van der Waals surface area contributed by atoms with Crippen LogP contribution < -0.4 is 0 Å². The van der Waals surface area contributed by atoms with E-state index in [1.54, 1.807) is 0 Å². The van der Waals surface area contributed by atoms with Crippen LogP contribution in [0.4, 0.5) is 0 Å². The van der Waals surface area contributed by atoms with E-state index in [2.05, 4.69) is 26.9 Å². The summed E-state index contributed by atoms with van der Waals surface area (Å²) in [5.74, 6) is 3.19. The van der Waals surface area contributed by atoms with E-state index in [4.69, 9.17) is 18.9 Å². The molecule has 0 bridgehead atoms. The molecule has 2 rings (SSSR count). The molecule has 30 heavy (non-hydrogen) atoms. The largest absolute Gasteiger partial charge is 0.464 e. The van der Waals surface area contributed by atoms with Gasteiger partial charge in [-0.3, -0.25) is 0 Å². The number of ether oxygens (including phenoxy) is 5. The van der Waals surface area contributed by atoms with Crippen molar-refractivity contribution in [1.82, 2.24) is 15.0 Å². The molecule has 1 saturated heterocycles. The molecule has 1 aliphatic rings. The minimum Gasteiger partial charge on any atom is -0.464 e. The number of rotatable bonds is 7. The number of esters is 2. The van der Waals surface area contributed by atoms with Crippen LogP contribution in [0.1, 0.15) is 50.1 Å². The summed E-state index contributed by atoms with van der Waals surface area (Å²) in [6, 6.07) is 0. The van der Waals surface area contributed by atoms with Gasteiger partial charge < -0.3 is 28.8 Å². The van der Waals surface area contributed by atoms with Crippen molar-refractivity contribution < 1.29 is 38.4 Å². The molecule has 166 valence electrons. The van der Waals surface area contributed by atoms with Gasteiger partial charge >= 0.3 is 11.9 Å². The van der Waals surface area contributed by atoms with Gasteiger partial charge in [0.15, 0.2) is 6.23 Å². The van der Waals surface area contributed by atoms with Gasteiger partial charge in [0.1, 0.15) is 24.0 Å². The Kier molecular flexibility index (Phi) is 8.31. The minimum atomic E-state index is -0.929. The fourth-order valence-corrected chi connectivity index (χ4v) is 2.97. The van der Waals surface area contributed by atoms with Crippen LogP contribution in [0.25, 0.3) is 0 Å². The standard InChI is InChI=1S/C19H27N3O8/c1-10(2)28-16-13(9-23)30-18(17(16)29-11(3)4)22-12(7-8-14(24)26-5)15(20-21-22)19(25)27-6/h10-11,13,16-18,23H,9H2,1-6H3/t13-,16-,17-,18-/m1/s1. The molecule has 4 atom stereocenters. The highest BCUT2D eigenvalue weighted by atomic mass is 16.6. The van der Waals surface area contributed by atoms with Gasteiger partial charge in [0.25, 0.3) is 0 Å². The molecule has 0 spiro atoms. The average Bonchev–Trinajstić information content (AvgIpc) is 3.26. The lowest BCUT2D eigenvalue weighted by molar-refractivity contribution is -0.133. The van der Waals surface area contributed by atoms with Crippen LogP contribution in [-0.2, 0) is 28.5 Å². The van der Waals surface area contributed by atoms with Crippen LogP contribution in [0, 0.1) is 11.8 Å². The topological polar surface area (TPSA) is 131 Å². The number of hydrogen-bond acceptors (Lipinski definition) is 10. The van der Waals surface area contributed by atoms with E-state index < -0.39 is 36.5 Å². The maximum Gasteiger partial charge on any atom is 0.384 e. The molecule has 0 saturated carbocycles. The van der Waals surface area contributed by atoms with Crippen molar-refractivity contribution in [2.75, 3.05) is 20.8 Å². The number of nitrogens with zero attached hydrogens (tertiary/aromatic N) is 3. The number of hydrogen-bond donors (Lipinski definition) is 1. The quantitative estimate of drug-likeness (QED) is 0.473. The second kappa shape index (κ2) is 10.5. The lowest BCUT2D eigenvalue weighted by Gasteiger charge is -2.27. The van der Waals surface area contributed by atoms with Gasteiger partial charge in [-0.15, -0.1) is 5.10 Å². The van der Waals surface area contributed by atoms with Crippen molar-refractivity contribution in [3.8, 4) is 11.8 Å². The Labute approximate surface area is 174 Å². The second-order valence-corrected chi connectivity index (χ2v) is 7.01. The van der Waals surface area contributed by atoms with Crippen molar-refractivity contribution in [1.29, 1.82) is 0 Å². The highest BCUT2D eigenvalue weighted by Crippen LogP contribution is 2.35. The summed E-state index contributed by atoms with van der Waals surface area (Å²) in [7, 11) is 2.37. The molecule has 1 aromatic rings. The van der Waals surface area contributed by atoms with Crippen LogP contribution in [0.2, 0.25) is 0 Å². The van der Waals surface area contributed by atoms with Gasteiger partial charge in [-0.2, -0.15) is 0 Å². The summed E-state index contributed by atoms with van der Waals surface area (Å²) in [4.78, 5) is 23.6. The van der Waals surface area contributed by atoms with Crippen molar-refractivity contribution in [3.63, 3.8) is 0 Å². The Morgan fingerprint density at radius 1 is 1.13 bits per heavy atom. The van der Waals surface area contributed by atoms with Crippen LogP contribution >= 0.6 is 0 Å². The molecule has 11 heteroatoms. The molecule has 2 heterocycles. The lowest BCUT2D eigenvalue weighted by atomic mass is 10.1. The van der Waals surface area contributed by atoms with Gasteiger partial charge in [0, 0.05) is 5.92 Å². The van der Waals surface area contributed by atoms with Gasteiger partial charge in [0.05, 0.1) is 33.0 Å². The first kappa shape index (κ1) is 23.8. The maximum atomic E-state index is 12.1. The van der Waals surface area contributed by atoms with Gasteiger partial charge in [-0.25, -0.2) is 14.3 Å². The Morgan fingerprint density at radius 3 is 2.30 bits per heavy atom. The van der Waals surface area contributed by atoms with Gasteiger partial charge in [-0.05, 0) is 33.6 Å². The zero-order valence-corrected chi connectivity index (χ0v) is 17.8. The molecule has 0 unspecified atom stereocenters. The number of aromatic nitrogens is 3. The molecule has 11 nitrogen and oxygen atoms in total. The average molecular weight is 425 g/mol. The van der Waals surface area contributed by atoms with E-state index in [0.29, 0.717) is 0 Å². The lowest BCUT2D eigenvalue weighted by Crippen LogP contribution is -2.41. The van der Waals surface area contributed by atoms with Gasteiger partial charge in [0.2, 0.25) is 5.69 Å². The Morgan fingerprint density at radius 2 is 1.77 bits per heavy atom. The van der Waals surface area contributed by atoms with Crippen LogP contribution in [0.3, 0.4) is 0 Å². The van der Waals surface area contributed by atoms with Crippen molar-refractivity contribution >= 4 is 11.9 Å². The molecular weight excluding hydrogens is 398 g/mol. The highest BCUT2D eigenvalue weighted by Gasteiger charge is 2.49. The number of methoxy groups -OCH3 is 2. The first-order valence-electron chi connectivity index (χ1n) is 9.44. The summed E-state index contributed by atoms with van der Waals surface area (Å²) < 4.78 is 28.4. The van der Waals surface area contributed by atoms with Crippen LogP contribution in [0.15, 0.2) is 0 Å². The first-order chi connectivity index (χ1) is 14.2. The number of carbonyl (C=O) groups is 2. The first-order valence-corrected chi connectivity index (χ1v) is 9.44. The van der Waals surface area contributed by atoms with Crippen molar-refractivity contribution in [2.24, 2.45) is 0 Å². The van der Waals surface area contributed by atoms with Crippen molar-refractivity contribution in [2.45, 2.75) is 64.4 Å². The third-order valence-corrected chi connectivity index (χ3v) is 4.11. The molecule has 1 aliphatic heterocycles. The molecular formula is C19H27N3O8. The zero-order chi connectivity index (χ0) is 22.4. The molecule has 0 aromatic carbocycles. The van der Waals surface area contributed by atoms with E-state index in [-0.39, 0.29) is 30.2 Å². The normalized spacial score (nSPS) is 23.4. The summed E-state index contributed by atoms with van der Waals surface area (Å²) in [6.45, 7) is 7.07. The third-order valence-electron chi connectivity index (χ3n) is 4.11. The smallest absolute Gasteiger partial charge is 0.384 e. The summed E-state index contributed by atoms with van der Waals surface area (Å²) in [6.07, 6.45) is -3.32. The van der Waals surface area contributed by atoms with Crippen molar-refractivity contribution in [3.05, 3.63) is 11.4 Å². The van der Waals surface area contributed by atoms with Crippen LogP contribution in [0.5, 0.6) is 0 Å². The Bertz CT molecular complexity index is 810. The number of aliphatic hydroxyl groups excluding tert-OH is 1. The molecule has 1 aromatic heterocycles. The van der Waals surface area contributed by atoms with E-state index >= 15 is 0 Å². The highest BCUT2D eigenvalue weighted by molar-refractivity contribution is 5.92. The SMILES string of the molecule is COC(=O)C#Cc1c(C(=O)OC)nnn1[C@@H]1O[C@H](CO)[C@@H](OC(C)C)[C@H]1OC(C)C. The van der Waals surface area contributed by atoms with E-state index in [1.807, 2.05) is 27.7 Å². The van der Waals surface area contributed by atoms with Crippen LogP contribution in [-0.4, -0.2) is 83.4 Å². The molecule has 0 radical (unpaired) electrons. The Balaban J connectivity index is 2.55. The molecule has 1 N–H and O–H groups in total. The Hall–Kier alpha value is -2.52. The summed E-state index contributed by atoms with van der Waals surface area (Å²) in [5, 5.41) is 17.6. The summed E-state index contributed by atoms with van der Waals surface area (Å²) in [5.41, 5.74) is -0.217. The zero-order valence-electron chi connectivity index (χ0n) is 17.8. The van der Waals surface area contributed by atoms with E-state index in [1.165, 1.54) is 18.9 Å². The molecule has 1 fully saturated rings. The fraction of sp³-hybridized carbons (Fsp3) is 0.684. The third kappa shape index (κ3) is 5.34. The predicted molar refractivity (Wildman–Crippen MR) is 101 cm³/mol.